The molecule has 0 bridgehead atoms. The topological polar surface area (TPSA) is 62.8 Å². The predicted molar refractivity (Wildman–Crippen MR) is 55.7 cm³/mol. The summed E-state index contributed by atoms with van der Waals surface area (Å²) < 4.78 is 0. The first-order chi connectivity index (χ1) is 6.50. The molecule has 76 valence electrons. The van der Waals surface area contributed by atoms with E-state index in [1.54, 1.807) is 13.8 Å². The summed E-state index contributed by atoms with van der Waals surface area (Å²) in [4.78, 5) is 28.8. The molecular weight excluding hydrogens is 200 g/mol. The first-order valence-electron chi connectivity index (χ1n) is 4.20. The maximum Gasteiger partial charge on any atom is 0.254 e. The summed E-state index contributed by atoms with van der Waals surface area (Å²) in [6.45, 7) is 5.01. The summed E-state index contributed by atoms with van der Waals surface area (Å²) in [6.07, 6.45) is 0. The number of carbonyl (C=O) groups excluding carboxylic acids is 1. The number of thioether (sulfide) groups is 1. The van der Waals surface area contributed by atoms with Crippen LogP contribution in [0.15, 0.2) is 9.95 Å². The van der Waals surface area contributed by atoms with Crippen molar-refractivity contribution in [1.82, 2.24) is 9.97 Å². The van der Waals surface area contributed by atoms with Crippen LogP contribution in [0, 0.1) is 13.8 Å². The van der Waals surface area contributed by atoms with Crippen molar-refractivity contribution in [3.63, 3.8) is 0 Å². The number of hydrogen-bond donors (Lipinski definition) is 1. The van der Waals surface area contributed by atoms with Gasteiger partial charge in [-0.1, -0.05) is 11.8 Å². The van der Waals surface area contributed by atoms with Crippen LogP contribution in [0.25, 0.3) is 0 Å². The van der Waals surface area contributed by atoms with Crippen LogP contribution in [-0.4, -0.2) is 21.5 Å². The minimum atomic E-state index is -0.136. The molecule has 0 amide bonds. The van der Waals surface area contributed by atoms with Gasteiger partial charge in [-0.25, -0.2) is 4.98 Å². The number of carbonyl (C=O) groups is 1. The highest BCUT2D eigenvalue weighted by atomic mass is 32.2. The zero-order valence-corrected chi connectivity index (χ0v) is 9.20. The van der Waals surface area contributed by atoms with E-state index in [0.29, 0.717) is 22.2 Å². The average Bonchev–Trinajstić information content (AvgIpc) is 2.10. The maximum atomic E-state index is 11.3. The third kappa shape index (κ3) is 2.70. The highest BCUT2D eigenvalue weighted by Crippen LogP contribution is 2.11. The highest BCUT2D eigenvalue weighted by Gasteiger charge is 2.04. The van der Waals surface area contributed by atoms with E-state index in [-0.39, 0.29) is 11.3 Å². The smallest absolute Gasteiger partial charge is 0.254 e. The van der Waals surface area contributed by atoms with E-state index >= 15 is 0 Å². The lowest BCUT2D eigenvalue weighted by Crippen LogP contribution is -2.14. The zero-order valence-electron chi connectivity index (χ0n) is 8.38. The maximum absolute atomic E-state index is 11.3. The molecule has 0 atom stereocenters. The van der Waals surface area contributed by atoms with Crippen molar-refractivity contribution in [1.29, 1.82) is 0 Å². The Morgan fingerprint density at radius 2 is 2.14 bits per heavy atom. The number of aryl methyl sites for hydroxylation is 1. The molecule has 4 nitrogen and oxygen atoms in total. The number of nitrogens with zero attached hydrogens (tertiary/aromatic N) is 1. The zero-order chi connectivity index (χ0) is 10.7. The Morgan fingerprint density at radius 1 is 1.50 bits per heavy atom. The number of nitrogens with one attached hydrogen (secondary N) is 1. The number of ketones is 1. The molecule has 0 aliphatic rings. The molecule has 1 aromatic heterocycles. The van der Waals surface area contributed by atoms with Gasteiger partial charge in [0.2, 0.25) is 0 Å². The van der Waals surface area contributed by atoms with Gasteiger partial charge in [0.15, 0.2) is 5.16 Å². The Kier molecular flexibility index (Phi) is 3.46. The molecule has 0 spiro atoms. The highest BCUT2D eigenvalue weighted by molar-refractivity contribution is 7.99. The number of aromatic amines is 1. The quantitative estimate of drug-likeness (QED) is 0.601. The Balaban J connectivity index is 2.90. The fourth-order valence-corrected chi connectivity index (χ4v) is 1.56. The molecule has 1 N–H and O–H groups in total. The van der Waals surface area contributed by atoms with Gasteiger partial charge >= 0.3 is 0 Å². The number of rotatable bonds is 3. The van der Waals surface area contributed by atoms with Crippen LogP contribution < -0.4 is 5.56 Å². The van der Waals surface area contributed by atoms with Gasteiger partial charge in [-0.2, -0.15) is 0 Å². The Morgan fingerprint density at radius 3 is 2.64 bits per heavy atom. The summed E-state index contributed by atoms with van der Waals surface area (Å²) in [7, 11) is 0. The molecule has 0 aromatic carbocycles. The monoisotopic (exact) mass is 212 g/mol. The Bertz CT molecular complexity index is 412. The number of Topliss-reactive ketones (excluding diaryl/α,β-unsaturated/α-hetero) is 1. The Labute approximate surface area is 86.1 Å². The summed E-state index contributed by atoms with van der Waals surface area (Å²) in [5.74, 6) is 0.404. The van der Waals surface area contributed by atoms with Crippen molar-refractivity contribution in [2.45, 2.75) is 25.9 Å². The first-order valence-corrected chi connectivity index (χ1v) is 5.19. The van der Waals surface area contributed by atoms with Crippen LogP contribution in [0.3, 0.4) is 0 Å². The van der Waals surface area contributed by atoms with Gasteiger partial charge in [0, 0.05) is 11.3 Å². The molecule has 0 radical (unpaired) electrons. The van der Waals surface area contributed by atoms with Crippen molar-refractivity contribution in [3.05, 3.63) is 21.6 Å². The minimum Gasteiger partial charge on any atom is -0.301 e. The molecule has 0 saturated carbocycles. The molecule has 0 aliphatic carbocycles. The van der Waals surface area contributed by atoms with Gasteiger partial charge in [-0.15, -0.1) is 0 Å². The van der Waals surface area contributed by atoms with Crippen molar-refractivity contribution in [3.8, 4) is 0 Å². The molecule has 1 aromatic rings. The van der Waals surface area contributed by atoms with E-state index in [1.807, 2.05) is 0 Å². The lowest BCUT2D eigenvalue weighted by Gasteiger charge is -2.01. The minimum absolute atomic E-state index is 0.0656. The lowest BCUT2D eigenvalue weighted by molar-refractivity contribution is -0.114. The van der Waals surface area contributed by atoms with E-state index in [4.69, 9.17) is 0 Å². The van der Waals surface area contributed by atoms with Gasteiger partial charge in [0.25, 0.3) is 5.56 Å². The van der Waals surface area contributed by atoms with Crippen molar-refractivity contribution < 1.29 is 4.79 Å². The van der Waals surface area contributed by atoms with Crippen LogP contribution in [0.4, 0.5) is 0 Å². The lowest BCUT2D eigenvalue weighted by atomic mass is 10.3. The second-order valence-electron chi connectivity index (χ2n) is 3.07. The van der Waals surface area contributed by atoms with Gasteiger partial charge in [-0.3, -0.25) is 9.59 Å². The number of H-pyrrole nitrogens is 1. The molecule has 0 saturated heterocycles. The summed E-state index contributed by atoms with van der Waals surface area (Å²) >= 11 is 1.25. The third-order valence-electron chi connectivity index (χ3n) is 1.79. The van der Waals surface area contributed by atoms with Crippen LogP contribution in [0.2, 0.25) is 0 Å². The van der Waals surface area contributed by atoms with E-state index < -0.39 is 0 Å². The second-order valence-corrected chi connectivity index (χ2v) is 4.04. The molecule has 1 rings (SSSR count). The fraction of sp³-hybridized carbons (Fsp3) is 0.444. The Hall–Kier alpha value is -1.10. The molecule has 14 heavy (non-hydrogen) atoms. The fourth-order valence-electron chi connectivity index (χ4n) is 0.858. The summed E-state index contributed by atoms with van der Waals surface area (Å²) in [5.41, 5.74) is 1.19. The van der Waals surface area contributed by atoms with Gasteiger partial charge in [0.05, 0.1) is 5.75 Å². The largest absolute Gasteiger partial charge is 0.301 e. The summed E-state index contributed by atoms with van der Waals surface area (Å²) in [6, 6.07) is 0. The van der Waals surface area contributed by atoms with E-state index in [0.717, 1.165) is 0 Å². The van der Waals surface area contributed by atoms with Crippen LogP contribution >= 0.6 is 11.8 Å². The normalized spacial score (nSPS) is 10.2. The molecule has 1 heterocycles. The molecule has 0 aliphatic heterocycles. The SMILES string of the molecule is CC(=O)CSc1nc(C)c(C)c(=O)[nH]1. The third-order valence-corrected chi connectivity index (χ3v) is 2.80. The predicted octanol–water partition coefficient (Wildman–Crippen LogP) is 1.07. The first kappa shape index (κ1) is 11.0. The summed E-state index contributed by atoms with van der Waals surface area (Å²) in [5, 5.41) is 0.508. The van der Waals surface area contributed by atoms with Crippen molar-refractivity contribution in [2.75, 3.05) is 5.75 Å². The van der Waals surface area contributed by atoms with Gasteiger partial charge in [0.1, 0.15) is 5.78 Å². The van der Waals surface area contributed by atoms with E-state index in [2.05, 4.69) is 9.97 Å². The molecule has 5 heteroatoms. The van der Waals surface area contributed by atoms with Gasteiger partial charge in [-0.05, 0) is 20.8 Å². The average molecular weight is 212 g/mol. The van der Waals surface area contributed by atoms with Crippen molar-refractivity contribution >= 4 is 17.5 Å². The van der Waals surface area contributed by atoms with E-state index in [9.17, 15) is 9.59 Å². The second kappa shape index (κ2) is 4.41. The number of hydrogen-bond acceptors (Lipinski definition) is 4. The van der Waals surface area contributed by atoms with Crippen molar-refractivity contribution in [2.24, 2.45) is 0 Å². The molecule has 0 fully saturated rings. The molecular formula is C9H12N2O2S. The van der Waals surface area contributed by atoms with Gasteiger partial charge < -0.3 is 4.98 Å². The standard InChI is InChI=1S/C9H12N2O2S/c1-5(12)4-14-9-10-7(3)6(2)8(13)11-9/h4H2,1-3H3,(H,10,11,13). The van der Waals surface area contributed by atoms with E-state index in [1.165, 1.54) is 18.7 Å². The van der Waals surface area contributed by atoms with Crippen LogP contribution in [-0.2, 0) is 4.79 Å². The number of aromatic nitrogens is 2. The van der Waals surface area contributed by atoms with Crippen LogP contribution in [0.5, 0.6) is 0 Å². The van der Waals surface area contributed by atoms with Crippen LogP contribution in [0.1, 0.15) is 18.2 Å². The molecule has 0 unspecified atom stereocenters.